The van der Waals surface area contributed by atoms with Crippen LogP contribution in [0.5, 0.6) is 5.75 Å². The number of imidazole rings is 1. The lowest BCUT2D eigenvalue weighted by atomic mass is 10.2. The summed E-state index contributed by atoms with van der Waals surface area (Å²) in [5, 5.41) is 8.83. The maximum absolute atomic E-state index is 12.1. The van der Waals surface area contributed by atoms with Gasteiger partial charge in [-0.05, 0) is 44.5 Å². The normalized spacial score (nSPS) is 10.5. The molecule has 2 aromatic heterocycles. The van der Waals surface area contributed by atoms with E-state index in [1.54, 1.807) is 19.5 Å². The maximum Gasteiger partial charge on any atom is 0.319 e. The number of carbonyl (C=O) groups is 1. The average molecular weight is 395 g/mol. The summed E-state index contributed by atoms with van der Waals surface area (Å²) in [6.45, 7) is 6.81. The molecule has 9 heteroatoms. The Balaban J connectivity index is 1.49. The molecule has 2 amide bonds. The Labute approximate surface area is 169 Å². The van der Waals surface area contributed by atoms with E-state index in [9.17, 15) is 4.79 Å². The molecule has 0 unspecified atom stereocenters. The van der Waals surface area contributed by atoms with Gasteiger partial charge < -0.3 is 20.7 Å². The van der Waals surface area contributed by atoms with E-state index >= 15 is 0 Å². The molecule has 0 fully saturated rings. The van der Waals surface area contributed by atoms with Gasteiger partial charge in [0, 0.05) is 30.5 Å². The van der Waals surface area contributed by atoms with Crippen molar-refractivity contribution in [2.24, 2.45) is 0 Å². The van der Waals surface area contributed by atoms with Gasteiger partial charge in [0.15, 0.2) is 0 Å². The molecule has 0 aliphatic carbocycles. The fourth-order valence-corrected chi connectivity index (χ4v) is 2.74. The Bertz CT molecular complexity index is 1000. The van der Waals surface area contributed by atoms with Crippen LogP contribution in [0.1, 0.15) is 17.0 Å². The number of anilines is 2. The van der Waals surface area contributed by atoms with Crippen LogP contribution in [0.4, 0.5) is 16.3 Å². The quantitative estimate of drug-likeness (QED) is 0.531. The average Bonchev–Trinajstić information content (AvgIpc) is 3.05. The van der Waals surface area contributed by atoms with E-state index in [1.165, 1.54) is 6.33 Å². The summed E-state index contributed by atoms with van der Waals surface area (Å²) in [4.78, 5) is 24.9. The highest BCUT2D eigenvalue weighted by Gasteiger charge is 2.07. The molecule has 0 saturated heterocycles. The summed E-state index contributed by atoms with van der Waals surface area (Å²) in [7, 11) is 1.61. The molecular weight excluding hydrogens is 370 g/mol. The highest BCUT2D eigenvalue weighted by atomic mass is 16.5. The van der Waals surface area contributed by atoms with Crippen molar-refractivity contribution in [2.75, 3.05) is 30.8 Å². The van der Waals surface area contributed by atoms with Crippen LogP contribution in [0.15, 0.2) is 36.9 Å². The first-order chi connectivity index (χ1) is 14.0. The van der Waals surface area contributed by atoms with Crippen molar-refractivity contribution in [2.45, 2.75) is 20.8 Å². The lowest BCUT2D eigenvalue weighted by Crippen LogP contribution is -2.32. The number of aryl methyl sites for hydroxylation is 2. The van der Waals surface area contributed by atoms with Crippen LogP contribution in [-0.4, -0.2) is 45.7 Å². The van der Waals surface area contributed by atoms with Gasteiger partial charge >= 0.3 is 6.03 Å². The first-order valence-corrected chi connectivity index (χ1v) is 9.24. The zero-order valence-corrected chi connectivity index (χ0v) is 17.0. The third-order valence-electron chi connectivity index (χ3n) is 4.55. The molecular formula is C20H25N7O2. The van der Waals surface area contributed by atoms with Gasteiger partial charge in [0.05, 0.1) is 12.8 Å². The van der Waals surface area contributed by atoms with E-state index in [0.717, 1.165) is 34.2 Å². The lowest BCUT2D eigenvalue weighted by Gasteiger charge is -2.12. The summed E-state index contributed by atoms with van der Waals surface area (Å²) in [6.07, 6.45) is 3.24. The van der Waals surface area contributed by atoms with E-state index in [1.807, 2.05) is 43.5 Å². The number of nitrogens with one attached hydrogen (secondary N) is 3. The number of carbonyl (C=O) groups excluding carboxylic acids is 1. The summed E-state index contributed by atoms with van der Waals surface area (Å²) in [6, 6.07) is 7.06. The molecule has 3 N–H and O–H groups in total. The predicted octanol–water partition coefficient (Wildman–Crippen LogP) is 2.83. The topological polar surface area (TPSA) is 106 Å². The fraction of sp³-hybridized carbons (Fsp3) is 0.300. The molecule has 0 aliphatic rings. The molecule has 2 heterocycles. The number of rotatable bonds is 7. The minimum atomic E-state index is -0.270. The minimum Gasteiger partial charge on any atom is -0.497 e. The molecule has 9 nitrogen and oxygen atoms in total. The van der Waals surface area contributed by atoms with Crippen molar-refractivity contribution in [1.29, 1.82) is 0 Å². The second-order valence-electron chi connectivity index (χ2n) is 6.54. The Morgan fingerprint density at radius 1 is 1.10 bits per heavy atom. The zero-order chi connectivity index (χ0) is 20.8. The number of nitrogens with zero attached hydrogens (tertiary/aromatic N) is 4. The fourth-order valence-electron chi connectivity index (χ4n) is 2.74. The highest BCUT2D eigenvalue weighted by molar-refractivity contribution is 5.90. The van der Waals surface area contributed by atoms with Crippen LogP contribution in [0, 0.1) is 20.8 Å². The van der Waals surface area contributed by atoms with E-state index in [4.69, 9.17) is 4.74 Å². The Morgan fingerprint density at radius 2 is 1.93 bits per heavy atom. The van der Waals surface area contributed by atoms with Gasteiger partial charge in [0.1, 0.15) is 30.0 Å². The Hall–Kier alpha value is -3.62. The summed E-state index contributed by atoms with van der Waals surface area (Å²) in [5.41, 5.74) is 3.65. The SMILES string of the molecule is COc1ccc(NC(=O)NCCNc2cc(-n3cnc(C)c3C)ncn2)c(C)c1. The smallest absolute Gasteiger partial charge is 0.319 e. The molecule has 29 heavy (non-hydrogen) atoms. The third-order valence-corrected chi connectivity index (χ3v) is 4.55. The van der Waals surface area contributed by atoms with E-state index in [0.29, 0.717) is 18.9 Å². The molecule has 0 aliphatic heterocycles. The summed E-state index contributed by atoms with van der Waals surface area (Å²) < 4.78 is 7.08. The number of benzene rings is 1. The maximum atomic E-state index is 12.1. The summed E-state index contributed by atoms with van der Waals surface area (Å²) >= 11 is 0. The van der Waals surface area contributed by atoms with Crippen molar-refractivity contribution < 1.29 is 9.53 Å². The molecule has 3 aromatic rings. The molecule has 0 radical (unpaired) electrons. The van der Waals surface area contributed by atoms with Crippen LogP contribution >= 0.6 is 0 Å². The predicted molar refractivity (Wildman–Crippen MR) is 112 cm³/mol. The van der Waals surface area contributed by atoms with Crippen molar-refractivity contribution in [3.8, 4) is 11.6 Å². The Kier molecular flexibility index (Phi) is 6.28. The molecule has 0 spiro atoms. The van der Waals surface area contributed by atoms with Gasteiger partial charge in [-0.1, -0.05) is 0 Å². The van der Waals surface area contributed by atoms with Crippen LogP contribution in [0.25, 0.3) is 5.82 Å². The van der Waals surface area contributed by atoms with Crippen LogP contribution in [-0.2, 0) is 0 Å². The van der Waals surface area contributed by atoms with Gasteiger partial charge in [0.2, 0.25) is 0 Å². The zero-order valence-electron chi connectivity index (χ0n) is 17.0. The number of aromatic nitrogens is 4. The van der Waals surface area contributed by atoms with E-state index in [-0.39, 0.29) is 6.03 Å². The lowest BCUT2D eigenvalue weighted by molar-refractivity contribution is 0.252. The van der Waals surface area contributed by atoms with Crippen LogP contribution in [0.3, 0.4) is 0 Å². The molecule has 3 rings (SSSR count). The number of amides is 2. The molecule has 0 atom stereocenters. The molecule has 1 aromatic carbocycles. The van der Waals surface area contributed by atoms with E-state index in [2.05, 4.69) is 30.9 Å². The number of ether oxygens (including phenoxy) is 1. The Morgan fingerprint density at radius 3 is 2.62 bits per heavy atom. The van der Waals surface area contributed by atoms with Crippen molar-refractivity contribution >= 4 is 17.5 Å². The van der Waals surface area contributed by atoms with Gasteiger partial charge in [-0.3, -0.25) is 4.57 Å². The van der Waals surface area contributed by atoms with Crippen molar-refractivity contribution in [1.82, 2.24) is 24.8 Å². The van der Waals surface area contributed by atoms with Crippen molar-refractivity contribution in [3.05, 3.63) is 53.9 Å². The first kappa shape index (κ1) is 20.1. The first-order valence-electron chi connectivity index (χ1n) is 9.24. The standard InChI is InChI=1S/C20H25N7O2/c1-13-9-16(29-4)5-6-17(13)26-20(28)22-8-7-21-18-10-19(24-11-23-18)27-12-25-14(2)15(27)3/h5-6,9-12H,7-8H2,1-4H3,(H,21,23,24)(H2,22,26,28). The van der Waals surface area contributed by atoms with Gasteiger partial charge in [-0.15, -0.1) is 0 Å². The third kappa shape index (κ3) is 5.01. The van der Waals surface area contributed by atoms with Crippen molar-refractivity contribution in [3.63, 3.8) is 0 Å². The second-order valence-corrected chi connectivity index (χ2v) is 6.54. The van der Waals surface area contributed by atoms with Crippen LogP contribution < -0.4 is 20.7 Å². The molecule has 0 saturated carbocycles. The number of hydrogen-bond acceptors (Lipinski definition) is 6. The molecule has 0 bridgehead atoms. The number of hydrogen-bond donors (Lipinski definition) is 3. The van der Waals surface area contributed by atoms with Gasteiger partial charge in [-0.2, -0.15) is 0 Å². The molecule has 152 valence electrons. The highest BCUT2D eigenvalue weighted by Crippen LogP contribution is 2.20. The van der Waals surface area contributed by atoms with Gasteiger partial charge in [0.25, 0.3) is 0 Å². The number of methoxy groups -OCH3 is 1. The minimum absolute atomic E-state index is 0.270. The second kappa shape index (κ2) is 9.05. The van der Waals surface area contributed by atoms with Gasteiger partial charge in [-0.25, -0.2) is 19.7 Å². The monoisotopic (exact) mass is 395 g/mol. The largest absolute Gasteiger partial charge is 0.497 e. The summed E-state index contributed by atoms with van der Waals surface area (Å²) in [5.74, 6) is 2.16. The van der Waals surface area contributed by atoms with Crippen LogP contribution in [0.2, 0.25) is 0 Å². The van der Waals surface area contributed by atoms with E-state index < -0.39 is 0 Å². The number of urea groups is 1.